The van der Waals surface area contributed by atoms with Crippen molar-refractivity contribution in [1.29, 1.82) is 0 Å². The highest BCUT2D eigenvalue weighted by Crippen LogP contribution is 2.29. The van der Waals surface area contributed by atoms with E-state index >= 15 is 0 Å². The molecule has 112 valence electrons. The van der Waals surface area contributed by atoms with Crippen molar-refractivity contribution in [1.82, 2.24) is 0 Å². The Morgan fingerprint density at radius 2 is 1.57 bits per heavy atom. The predicted octanol–water partition coefficient (Wildman–Crippen LogP) is 2.80. The molecule has 0 spiro atoms. The van der Waals surface area contributed by atoms with Crippen LogP contribution in [0.5, 0.6) is 5.75 Å². The topological polar surface area (TPSA) is 46.6 Å². The van der Waals surface area contributed by atoms with Crippen LogP contribution in [0.25, 0.3) is 0 Å². The molecule has 2 aromatic carbocycles. The second kappa shape index (κ2) is 5.69. The molecule has 0 saturated heterocycles. The van der Waals surface area contributed by atoms with Crippen LogP contribution in [0.4, 0.5) is 14.5 Å². The normalized spacial score (nSPS) is 11.2. The number of hydrogen-bond donors (Lipinski definition) is 0. The Morgan fingerprint density at radius 1 is 1.00 bits per heavy atom. The summed E-state index contributed by atoms with van der Waals surface area (Å²) < 4.78 is 57.2. The Balaban J connectivity index is 2.51. The highest BCUT2D eigenvalue weighted by molar-refractivity contribution is 7.92. The van der Waals surface area contributed by atoms with Gasteiger partial charge >= 0.3 is 0 Å². The highest BCUT2D eigenvalue weighted by atomic mass is 32.2. The Labute approximate surface area is 121 Å². The van der Waals surface area contributed by atoms with Crippen LogP contribution in [0.1, 0.15) is 0 Å². The van der Waals surface area contributed by atoms with Crippen LogP contribution in [-0.4, -0.2) is 22.6 Å². The lowest BCUT2D eigenvalue weighted by Gasteiger charge is -2.20. The zero-order valence-corrected chi connectivity index (χ0v) is 12.2. The van der Waals surface area contributed by atoms with Gasteiger partial charge in [-0.05, 0) is 42.5 Å². The SMILES string of the molecule is COc1ccc(F)cc1S(=O)(=O)N(C)c1ccc(F)cc1. The number of benzene rings is 2. The molecule has 0 aromatic heterocycles. The fourth-order valence-electron chi connectivity index (χ4n) is 1.79. The van der Waals surface area contributed by atoms with E-state index in [0.717, 1.165) is 28.6 Å². The van der Waals surface area contributed by atoms with E-state index < -0.39 is 21.7 Å². The molecule has 0 aliphatic heterocycles. The van der Waals surface area contributed by atoms with Crippen LogP contribution in [0.2, 0.25) is 0 Å². The molecule has 2 aromatic rings. The van der Waals surface area contributed by atoms with E-state index in [-0.39, 0.29) is 16.3 Å². The van der Waals surface area contributed by atoms with Crippen LogP contribution in [0.15, 0.2) is 47.4 Å². The Morgan fingerprint density at radius 3 is 2.14 bits per heavy atom. The molecule has 0 heterocycles. The lowest BCUT2D eigenvalue weighted by molar-refractivity contribution is 0.401. The van der Waals surface area contributed by atoms with E-state index in [0.29, 0.717) is 0 Å². The van der Waals surface area contributed by atoms with Crippen LogP contribution in [0.3, 0.4) is 0 Å². The van der Waals surface area contributed by atoms with Crippen LogP contribution in [0, 0.1) is 11.6 Å². The van der Waals surface area contributed by atoms with Crippen molar-refractivity contribution in [3.05, 3.63) is 54.1 Å². The fraction of sp³-hybridized carbons (Fsp3) is 0.143. The maximum atomic E-state index is 13.3. The minimum absolute atomic E-state index is 0.0327. The predicted molar refractivity (Wildman–Crippen MR) is 74.9 cm³/mol. The molecule has 0 aliphatic rings. The number of halogens is 2. The summed E-state index contributed by atoms with van der Waals surface area (Å²) in [6.07, 6.45) is 0. The molecule has 0 amide bonds. The van der Waals surface area contributed by atoms with Crippen molar-refractivity contribution in [2.24, 2.45) is 0 Å². The fourth-order valence-corrected chi connectivity index (χ4v) is 3.15. The van der Waals surface area contributed by atoms with Gasteiger partial charge in [-0.1, -0.05) is 0 Å². The van der Waals surface area contributed by atoms with Crippen molar-refractivity contribution in [3.8, 4) is 5.75 Å². The summed E-state index contributed by atoms with van der Waals surface area (Å²) in [4.78, 5) is -0.295. The summed E-state index contributed by atoms with van der Waals surface area (Å²) >= 11 is 0. The van der Waals surface area contributed by atoms with Gasteiger partial charge in [0.25, 0.3) is 10.0 Å². The summed E-state index contributed by atoms with van der Waals surface area (Å²) in [5.74, 6) is -1.14. The molecule has 0 atom stereocenters. The van der Waals surface area contributed by atoms with Crippen LogP contribution < -0.4 is 9.04 Å². The first-order valence-corrected chi connectivity index (χ1v) is 7.38. The van der Waals surface area contributed by atoms with E-state index in [2.05, 4.69) is 0 Å². The number of anilines is 1. The molecule has 21 heavy (non-hydrogen) atoms. The Bertz CT molecular complexity index is 745. The van der Waals surface area contributed by atoms with Gasteiger partial charge in [-0.2, -0.15) is 0 Å². The number of sulfonamides is 1. The number of rotatable bonds is 4. The van der Waals surface area contributed by atoms with Gasteiger partial charge in [0.15, 0.2) is 0 Å². The van der Waals surface area contributed by atoms with Crippen molar-refractivity contribution in [2.75, 3.05) is 18.5 Å². The summed E-state index contributed by atoms with van der Waals surface area (Å²) in [6.45, 7) is 0. The van der Waals surface area contributed by atoms with E-state index in [9.17, 15) is 17.2 Å². The monoisotopic (exact) mass is 313 g/mol. The van der Waals surface area contributed by atoms with Crippen LogP contribution in [-0.2, 0) is 10.0 Å². The lowest BCUT2D eigenvalue weighted by atomic mass is 10.3. The molecular weight excluding hydrogens is 300 g/mol. The van der Waals surface area contributed by atoms with E-state index in [1.165, 1.54) is 32.4 Å². The van der Waals surface area contributed by atoms with Crippen molar-refractivity contribution in [2.45, 2.75) is 4.90 Å². The molecule has 0 fully saturated rings. The van der Waals surface area contributed by atoms with Gasteiger partial charge in [-0.15, -0.1) is 0 Å². The van der Waals surface area contributed by atoms with E-state index in [1.54, 1.807) is 0 Å². The maximum absolute atomic E-state index is 13.3. The van der Waals surface area contributed by atoms with Crippen molar-refractivity contribution < 1.29 is 21.9 Å². The average molecular weight is 313 g/mol. The minimum Gasteiger partial charge on any atom is -0.495 e. The van der Waals surface area contributed by atoms with Gasteiger partial charge in [0.2, 0.25) is 0 Å². The Kier molecular flexibility index (Phi) is 4.13. The second-order valence-electron chi connectivity index (χ2n) is 4.24. The maximum Gasteiger partial charge on any atom is 0.267 e. The van der Waals surface area contributed by atoms with Gasteiger partial charge in [0.1, 0.15) is 22.3 Å². The Hall–Kier alpha value is -2.15. The highest BCUT2D eigenvalue weighted by Gasteiger charge is 2.25. The summed E-state index contributed by atoms with van der Waals surface area (Å²) in [7, 11) is -1.43. The molecule has 0 saturated carbocycles. The van der Waals surface area contributed by atoms with Crippen molar-refractivity contribution >= 4 is 15.7 Å². The number of hydrogen-bond acceptors (Lipinski definition) is 3. The average Bonchev–Trinajstić information content (AvgIpc) is 2.47. The first-order chi connectivity index (χ1) is 9.86. The van der Waals surface area contributed by atoms with Gasteiger partial charge < -0.3 is 4.74 Å². The summed E-state index contributed by atoms with van der Waals surface area (Å²) in [6, 6.07) is 8.15. The molecule has 4 nitrogen and oxygen atoms in total. The van der Waals surface area contributed by atoms with Gasteiger partial charge in [0, 0.05) is 7.05 Å². The third kappa shape index (κ3) is 2.97. The molecule has 7 heteroatoms. The van der Waals surface area contributed by atoms with Gasteiger partial charge in [-0.3, -0.25) is 4.31 Å². The summed E-state index contributed by atoms with van der Waals surface area (Å²) in [5.41, 5.74) is 0.253. The minimum atomic E-state index is -4.02. The lowest BCUT2D eigenvalue weighted by Crippen LogP contribution is -2.27. The third-order valence-electron chi connectivity index (χ3n) is 2.95. The number of methoxy groups -OCH3 is 1. The smallest absolute Gasteiger partial charge is 0.267 e. The molecular formula is C14H13F2NO3S. The number of nitrogens with zero attached hydrogens (tertiary/aromatic N) is 1. The zero-order valence-electron chi connectivity index (χ0n) is 11.4. The molecule has 0 bridgehead atoms. The van der Waals surface area contributed by atoms with Crippen LogP contribution >= 0.6 is 0 Å². The van der Waals surface area contributed by atoms with Gasteiger partial charge in [0.05, 0.1) is 12.8 Å². The number of ether oxygens (including phenoxy) is 1. The van der Waals surface area contributed by atoms with Crippen molar-refractivity contribution in [3.63, 3.8) is 0 Å². The van der Waals surface area contributed by atoms with E-state index in [1.807, 2.05) is 0 Å². The quantitative estimate of drug-likeness (QED) is 0.872. The second-order valence-corrected chi connectivity index (χ2v) is 6.18. The summed E-state index contributed by atoms with van der Waals surface area (Å²) in [5, 5.41) is 0. The molecule has 0 radical (unpaired) electrons. The third-order valence-corrected chi connectivity index (χ3v) is 4.76. The van der Waals surface area contributed by atoms with E-state index in [4.69, 9.17) is 4.74 Å². The molecule has 2 rings (SSSR count). The molecule has 0 N–H and O–H groups in total. The van der Waals surface area contributed by atoms with Gasteiger partial charge in [-0.25, -0.2) is 17.2 Å². The first-order valence-electron chi connectivity index (χ1n) is 5.94. The largest absolute Gasteiger partial charge is 0.495 e. The zero-order chi connectivity index (χ0) is 15.6. The standard InChI is InChI=1S/C14H13F2NO3S/c1-17(12-6-3-10(15)4-7-12)21(18,19)14-9-11(16)5-8-13(14)20-2/h3-9H,1-2H3. The molecule has 0 aliphatic carbocycles. The molecule has 0 unspecified atom stereocenters. The first kappa shape index (κ1) is 15.2.